The second-order valence-corrected chi connectivity index (χ2v) is 4.38. The average Bonchev–Trinajstić information content (AvgIpc) is 2.15. The molecule has 4 nitrogen and oxygen atoms in total. The fraction of sp³-hybridized carbons (Fsp3) is 0.900. The third-order valence-corrected chi connectivity index (χ3v) is 3.83. The minimum Gasteiger partial charge on any atom is -0.481 e. The molecule has 1 saturated heterocycles. The Morgan fingerprint density at radius 1 is 1.14 bits per heavy atom. The van der Waals surface area contributed by atoms with Gasteiger partial charge in [0.1, 0.15) is 5.41 Å². The summed E-state index contributed by atoms with van der Waals surface area (Å²) in [6.45, 7) is 0.906. The van der Waals surface area contributed by atoms with Crippen molar-refractivity contribution >= 4 is 5.97 Å². The summed E-state index contributed by atoms with van der Waals surface area (Å²) < 4.78 is 5.16. The zero-order valence-electron chi connectivity index (χ0n) is 8.16. The highest BCUT2D eigenvalue weighted by atomic mass is 16.5. The van der Waals surface area contributed by atoms with Crippen LogP contribution in [-0.2, 0) is 9.53 Å². The van der Waals surface area contributed by atoms with Crippen LogP contribution in [0.2, 0.25) is 0 Å². The molecule has 1 heterocycles. The van der Waals surface area contributed by atoms with Crippen LogP contribution in [0.5, 0.6) is 0 Å². The summed E-state index contributed by atoms with van der Waals surface area (Å²) in [6.07, 6.45) is 3.07. The summed E-state index contributed by atoms with van der Waals surface area (Å²) in [5, 5.41) is 19.5. The van der Waals surface area contributed by atoms with E-state index in [4.69, 9.17) is 4.74 Å². The van der Waals surface area contributed by atoms with E-state index in [1.54, 1.807) is 0 Å². The molecule has 1 aliphatic heterocycles. The molecule has 0 aromatic rings. The van der Waals surface area contributed by atoms with E-state index in [1.165, 1.54) is 0 Å². The van der Waals surface area contributed by atoms with E-state index in [2.05, 4.69) is 0 Å². The first-order valence-electron chi connectivity index (χ1n) is 5.14. The standard InChI is InChI=1S/C10H16O4/c11-8(12)9(4-6-14-7-5-9)10(13)2-1-3-10/h13H,1-7H2,(H,11,12). The molecule has 0 atom stereocenters. The van der Waals surface area contributed by atoms with Gasteiger partial charge >= 0.3 is 5.97 Å². The maximum atomic E-state index is 11.3. The topological polar surface area (TPSA) is 66.8 Å². The quantitative estimate of drug-likeness (QED) is 0.691. The smallest absolute Gasteiger partial charge is 0.312 e. The van der Waals surface area contributed by atoms with Crippen LogP contribution in [0.3, 0.4) is 0 Å². The average molecular weight is 200 g/mol. The van der Waals surface area contributed by atoms with Gasteiger partial charge in [0.05, 0.1) is 5.60 Å². The number of rotatable bonds is 2. The van der Waals surface area contributed by atoms with Crippen LogP contribution in [0, 0.1) is 5.41 Å². The molecule has 1 aliphatic carbocycles. The van der Waals surface area contributed by atoms with Crippen LogP contribution in [0.15, 0.2) is 0 Å². The van der Waals surface area contributed by atoms with E-state index >= 15 is 0 Å². The molecule has 2 rings (SSSR count). The number of aliphatic hydroxyl groups is 1. The van der Waals surface area contributed by atoms with Crippen LogP contribution in [-0.4, -0.2) is 35.0 Å². The molecular formula is C10H16O4. The van der Waals surface area contributed by atoms with Gasteiger partial charge in [0, 0.05) is 13.2 Å². The number of hydrogen-bond acceptors (Lipinski definition) is 3. The van der Waals surface area contributed by atoms with Crippen molar-refractivity contribution in [2.75, 3.05) is 13.2 Å². The van der Waals surface area contributed by atoms with Gasteiger partial charge in [-0.3, -0.25) is 4.79 Å². The van der Waals surface area contributed by atoms with Gasteiger partial charge in [-0.05, 0) is 32.1 Å². The first kappa shape index (κ1) is 9.93. The van der Waals surface area contributed by atoms with Gasteiger partial charge in [-0.2, -0.15) is 0 Å². The van der Waals surface area contributed by atoms with Gasteiger partial charge in [-0.15, -0.1) is 0 Å². The molecule has 0 aromatic heterocycles. The highest BCUT2D eigenvalue weighted by molar-refractivity contribution is 5.76. The normalized spacial score (nSPS) is 29.2. The van der Waals surface area contributed by atoms with E-state index in [0.717, 1.165) is 6.42 Å². The summed E-state index contributed by atoms with van der Waals surface area (Å²) in [4.78, 5) is 11.3. The Morgan fingerprint density at radius 2 is 1.71 bits per heavy atom. The molecule has 4 heteroatoms. The number of aliphatic carboxylic acids is 1. The highest BCUT2D eigenvalue weighted by Gasteiger charge is 2.58. The van der Waals surface area contributed by atoms with Crippen molar-refractivity contribution in [3.63, 3.8) is 0 Å². The summed E-state index contributed by atoms with van der Waals surface area (Å²) in [5.74, 6) is -0.858. The Bertz CT molecular complexity index is 239. The van der Waals surface area contributed by atoms with Crippen molar-refractivity contribution in [2.45, 2.75) is 37.7 Å². The molecule has 2 fully saturated rings. The SMILES string of the molecule is O=C(O)C1(C2(O)CCC2)CCOCC1. The second-order valence-electron chi connectivity index (χ2n) is 4.38. The maximum Gasteiger partial charge on any atom is 0.312 e. The van der Waals surface area contributed by atoms with E-state index in [1.807, 2.05) is 0 Å². The minimum absolute atomic E-state index is 0.443. The summed E-state index contributed by atoms with van der Waals surface area (Å²) in [5.41, 5.74) is -1.91. The zero-order chi connectivity index (χ0) is 10.2. The van der Waals surface area contributed by atoms with Gasteiger partial charge in [-0.1, -0.05) is 0 Å². The Morgan fingerprint density at radius 3 is 2.07 bits per heavy atom. The molecule has 0 spiro atoms. The van der Waals surface area contributed by atoms with E-state index < -0.39 is 17.0 Å². The number of carboxylic acid groups (broad SMARTS) is 1. The molecule has 2 aliphatic rings. The number of carboxylic acids is 1. The fourth-order valence-corrected chi connectivity index (χ4v) is 2.59. The van der Waals surface area contributed by atoms with Crippen molar-refractivity contribution in [3.05, 3.63) is 0 Å². The number of hydrogen-bond donors (Lipinski definition) is 2. The lowest BCUT2D eigenvalue weighted by Gasteiger charge is -2.51. The van der Waals surface area contributed by atoms with Crippen molar-refractivity contribution in [1.29, 1.82) is 0 Å². The molecule has 0 unspecified atom stereocenters. The molecular weight excluding hydrogens is 184 g/mol. The summed E-state index contributed by atoms with van der Waals surface area (Å²) in [6, 6.07) is 0. The predicted molar refractivity (Wildman–Crippen MR) is 48.9 cm³/mol. The van der Waals surface area contributed by atoms with E-state index in [9.17, 15) is 15.0 Å². The highest BCUT2D eigenvalue weighted by Crippen LogP contribution is 2.51. The lowest BCUT2D eigenvalue weighted by molar-refractivity contribution is -0.201. The second kappa shape index (κ2) is 3.21. The van der Waals surface area contributed by atoms with Crippen LogP contribution >= 0.6 is 0 Å². The maximum absolute atomic E-state index is 11.3. The zero-order valence-corrected chi connectivity index (χ0v) is 8.16. The van der Waals surface area contributed by atoms with Gasteiger partial charge in [0.15, 0.2) is 0 Å². The first-order chi connectivity index (χ1) is 6.61. The molecule has 80 valence electrons. The summed E-state index contributed by atoms with van der Waals surface area (Å²) in [7, 11) is 0. The number of carbonyl (C=O) groups is 1. The Balaban J connectivity index is 2.24. The van der Waals surface area contributed by atoms with Gasteiger partial charge < -0.3 is 14.9 Å². The van der Waals surface area contributed by atoms with E-state index in [0.29, 0.717) is 38.9 Å². The monoisotopic (exact) mass is 200 g/mol. The van der Waals surface area contributed by atoms with Gasteiger partial charge in [0.2, 0.25) is 0 Å². The van der Waals surface area contributed by atoms with Crippen molar-refractivity contribution in [1.82, 2.24) is 0 Å². The van der Waals surface area contributed by atoms with Gasteiger partial charge in [-0.25, -0.2) is 0 Å². The van der Waals surface area contributed by atoms with E-state index in [-0.39, 0.29) is 0 Å². The minimum atomic E-state index is -0.970. The van der Waals surface area contributed by atoms with Crippen LogP contribution in [0.4, 0.5) is 0 Å². The lowest BCUT2D eigenvalue weighted by atomic mass is 9.58. The molecule has 0 radical (unpaired) electrons. The molecule has 0 bridgehead atoms. The fourth-order valence-electron chi connectivity index (χ4n) is 2.59. The summed E-state index contributed by atoms with van der Waals surface area (Å²) >= 11 is 0. The molecule has 0 aromatic carbocycles. The molecule has 2 N–H and O–H groups in total. The first-order valence-corrected chi connectivity index (χ1v) is 5.14. The van der Waals surface area contributed by atoms with Crippen LogP contribution < -0.4 is 0 Å². The molecule has 1 saturated carbocycles. The van der Waals surface area contributed by atoms with Crippen LogP contribution in [0.1, 0.15) is 32.1 Å². The van der Waals surface area contributed by atoms with Crippen molar-refractivity contribution < 1.29 is 19.7 Å². The Kier molecular flexibility index (Phi) is 2.27. The molecule has 14 heavy (non-hydrogen) atoms. The largest absolute Gasteiger partial charge is 0.481 e. The third kappa shape index (κ3) is 1.17. The predicted octanol–water partition coefficient (Wildman–Crippen LogP) is 0.783. The van der Waals surface area contributed by atoms with Gasteiger partial charge in [0.25, 0.3) is 0 Å². The van der Waals surface area contributed by atoms with Crippen LogP contribution in [0.25, 0.3) is 0 Å². The Hall–Kier alpha value is -0.610. The van der Waals surface area contributed by atoms with Crippen molar-refractivity contribution in [3.8, 4) is 0 Å². The third-order valence-electron chi connectivity index (χ3n) is 3.83. The Labute approximate surface area is 82.9 Å². The molecule has 0 amide bonds. The van der Waals surface area contributed by atoms with Crippen molar-refractivity contribution in [2.24, 2.45) is 5.41 Å². The lowest BCUT2D eigenvalue weighted by Crippen LogP contribution is -2.59. The number of ether oxygens (including phenoxy) is 1.